The van der Waals surface area contributed by atoms with E-state index >= 15 is 0 Å². The average molecular weight is 410 g/mol. The predicted octanol–water partition coefficient (Wildman–Crippen LogP) is 4.40. The third-order valence-electron chi connectivity index (χ3n) is 5.87. The molecule has 0 N–H and O–H groups in total. The van der Waals surface area contributed by atoms with Crippen molar-refractivity contribution in [3.05, 3.63) is 59.1 Å². The van der Waals surface area contributed by atoms with Crippen molar-refractivity contribution in [1.82, 2.24) is 14.4 Å². The molecule has 6 heteroatoms. The van der Waals surface area contributed by atoms with Gasteiger partial charge in [-0.15, -0.1) is 11.3 Å². The summed E-state index contributed by atoms with van der Waals surface area (Å²) in [5, 5.41) is 3.18. The molecular weight excluding hydrogens is 382 g/mol. The molecule has 4 rings (SSSR count). The fourth-order valence-corrected chi connectivity index (χ4v) is 5.23. The van der Waals surface area contributed by atoms with Gasteiger partial charge in [0.05, 0.1) is 6.04 Å². The molecule has 1 aliphatic rings. The molecule has 1 aromatic carbocycles. The Morgan fingerprint density at radius 2 is 1.93 bits per heavy atom. The lowest BCUT2D eigenvalue weighted by atomic mass is 10.1. The first kappa shape index (κ1) is 19.7. The van der Waals surface area contributed by atoms with Gasteiger partial charge in [0.2, 0.25) is 5.91 Å². The summed E-state index contributed by atoms with van der Waals surface area (Å²) in [6.45, 7) is 7.81. The molecule has 152 valence electrons. The summed E-state index contributed by atoms with van der Waals surface area (Å²) in [7, 11) is 0. The summed E-state index contributed by atoms with van der Waals surface area (Å²) >= 11 is 1.67. The molecule has 1 fully saturated rings. The van der Waals surface area contributed by atoms with Crippen LogP contribution in [0, 0.1) is 0 Å². The SMILES string of the molecule is CCC(=O)N1CCN(C(=O)c2cc3ccsc3n2[C@H](C)c2ccccc2)C[C@H]1C. The molecule has 5 nitrogen and oxygen atoms in total. The summed E-state index contributed by atoms with van der Waals surface area (Å²) < 4.78 is 2.17. The molecule has 0 bridgehead atoms. The lowest BCUT2D eigenvalue weighted by Crippen LogP contribution is -2.55. The van der Waals surface area contributed by atoms with E-state index in [9.17, 15) is 9.59 Å². The van der Waals surface area contributed by atoms with E-state index in [4.69, 9.17) is 0 Å². The molecule has 0 saturated carbocycles. The number of hydrogen-bond acceptors (Lipinski definition) is 3. The standard InChI is InChI=1S/C23H27N3O2S/c1-4-21(27)25-12-11-24(15-16(25)2)22(28)20-14-19-10-13-29-23(19)26(20)17(3)18-8-6-5-7-9-18/h5-10,13-14,16-17H,4,11-12,15H2,1-3H3/t16-,17-/m1/s1. The molecular formula is C23H27N3O2S. The molecule has 2 amide bonds. The fraction of sp³-hybridized carbons (Fsp3) is 0.391. The lowest BCUT2D eigenvalue weighted by molar-refractivity contribution is -0.134. The number of carbonyl (C=O) groups is 2. The molecule has 1 saturated heterocycles. The second-order valence-electron chi connectivity index (χ2n) is 7.71. The number of piperazine rings is 1. The van der Waals surface area contributed by atoms with Crippen LogP contribution in [-0.2, 0) is 4.79 Å². The number of amides is 2. The number of hydrogen-bond donors (Lipinski definition) is 0. The Hall–Kier alpha value is -2.60. The number of fused-ring (bicyclic) bond motifs is 1. The third-order valence-corrected chi connectivity index (χ3v) is 6.80. The van der Waals surface area contributed by atoms with Crippen LogP contribution < -0.4 is 0 Å². The summed E-state index contributed by atoms with van der Waals surface area (Å²) in [6, 6.07) is 14.5. The maximum Gasteiger partial charge on any atom is 0.270 e. The second-order valence-corrected chi connectivity index (χ2v) is 8.60. The molecule has 2 atom stereocenters. The van der Waals surface area contributed by atoms with Gasteiger partial charge in [-0.25, -0.2) is 0 Å². The van der Waals surface area contributed by atoms with Crippen molar-refractivity contribution >= 4 is 33.4 Å². The molecule has 29 heavy (non-hydrogen) atoms. The number of aromatic nitrogens is 1. The van der Waals surface area contributed by atoms with E-state index in [-0.39, 0.29) is 23.9 Å². The van der Waals surface area contributed by atoms with Gasteiger partial charge in [-0.05, 0) is 36.9 Å². The zero-order valence-electron chi connectivity index (χ0n) is 17.2. The molecule has 0 spiro atoms. The number of rotatable bonds is 4. The molecule has 1 aliphatic heterocycles. The summed E-state index contributed by atoms with van der Waals surface area (Å²) in [5.74, 6) is 0.206. The summed E-state index contributed by atoms with van der Waals surface area (Å²) in [6.07, 6.45) is 0.506. The highest BCUT2D eigenvalue weighted by atomic mass is 32.1. The van der Waals surface area contributed by atoms with Crippen LogP contribution in [0.2, 0.25) is 0 Å². The largest absolute Gasteiger partial charge is 0.336 e. The second kappa shape index (κ2) is 8.03. The van der Waals surface area contributed by atoms with Crippen LogP contribution in [0.25, 0.3) is 10.2 Å². The Balaban J connectivity index is 1.65. The van der Waals surface area contributed by atoms with Crippen LogP contribution in [0.1, 0.15) is 49.3 Å². The van der Waals surface area contributed by atoms with Crippen molar-refractivity contribution in [3.8, 4) is 0 Å². The quantitative estimate of drug-likeness (QED) is 0.641. The van der Waals surface area contributed by atoms with E-state index in [0.717, 1.165) is 15.9 Å². The van der Waals surface area contributed by atoms with Crippen LogP contribution in [0.5, 0.6) is 0 Å². The smallest absolute Gasteiger partial charge is 0.270 e. The van der Waals surface area contributed by atoms with Crippen LogP contribution in [0.4, 0.5) is 0 Å². The number of benzene rings is 1. The highest BCUT2D eigenvalue weighted by Gasteiger charge is 2.31. The first-order valence-corrected chi connectivity index (χ1v) is 11.1. The van der Waals surface area contributed by atoms with E-state index in [1.165, 1.54) is 5.56 Å². The monoisotopic (exact) mass is 409 g/mol. The highest BCUT2D eigenvalue weighted by Crippen LogP contribution is 2.32. The van der Waals surface area contributed by atoms with Gasteiger partial charge in [0.15, 0.2) is 0 Å². The Kier molecular flexibility index (Phi) is 5.46. The Morgan fingerprint density at radius 3 is 2.62 bits per heavy atom. The number of carbonyl (C=O) groups excluding carboxylic acids is 2. The topological polar surface area (TPSA) is 45.6 Å². The molecule has 0 radical (unpaired) electrons. The Morgan fingerprint density at radius 1 is 1.17 bits per heavy atom. The molecule has 3 heterocycles. The number of nitrogens with zero attached hydrogens (tertiary/aromatic N) is 3. The van der Waals surface area contributed by atoms with Crippen molar-refractivity contribution in [3.63, 3.8) is 0 Å². The van der Waals surface area contributed by atoms with Gasteiger partial charge in [0.1, 0.15) is 10.5 Å². The van der Waals surface area contributed by atoms with E-state index in [2.05, 4.69) is 35.1 Å². The van der Waals surface area contributed by atoms with E-state index < -0.39 is 0 Å². The zero-order chi connectivity index (χ0) is 20.5. The Labute approximate surface area is 175 Å². The van der Waals surface area contributed by atoms with Crippen LogP contribution >= 0.6 is 11.3 Å². The van der Waals surface area contributed by atoms with Gasteiger partial charge in [0, 0.05) is 37.5 Å². The van der Waals surface area contributed by atoms with Crippen molar-refractivity contribution < 1.29 is 9.59 Å². The van der Waals surface area contributed by atoms with Crippen molar-refractivity contribution in [1.29, 1.82) is 0 Å². The van der Waals surface area contributed by atoms with Crippen molar-refractivity contribution in [2.45, 2.75) is 39.3 Å². The van der Waals surface area contributed by atoms with Gasteiger partial charge in [-0.1, -0.05) is 37.3 Å². The van der Waals surface area contributed by atoms with Crippen LogP contribution in [-0.4, -0.2) is 51.9 Å². The summed E-state index contributed by atoms with van der Waals surface area (Å²) in [4.78, 5) is 30.6. The van der Waals surface area contributed by atoms with Crippen molar-refractivity contribution in [2.75, 3.05) is 19.6 Å². The van der Waals surface area contributed by atoms with Gasteiger partial charge < -0.3 is 14.4 Å². The molecule has 0 unspecified atom stereocenters. The minimum absolute atomic E-state index is 0.0382. The van der Waals surface area contributed by atoms with E-state index in [0.29, 0.717) is 26.1 Å². The van der Waals surface area contributed by atoms with E-state index in [1.807, 2.05) is 47.9 Å². The lowest BCUT2D eigenvalue weighted by Gasteiger charge is -2.40. The minimum atomic E-state index is 0.0382. The maximum atomic E-state index is 13.5. The number of thiophene rings is 1. The normalized spacial score (nSPS) is 18.2. The van der Waals surface area contributed by atoms with Crippen LogP contribution in [0.3, 0.4) is 0 Å². The van der Waals surface area contributed by atoms with E-state index in [1.54, 1.807) is 11.3 Å². The maximum absolute atomic E-state index is 13.5. The van der Waals surface area contributed by atoms with Gasteiger partial charge >= 0.3 is 0 Å². The molecule has 0 aliphatic carbocycles. The van der Waals surface area contributed by atoms with Gasteiger partial charge in [0.25, 0.3) is 5.91 Å². The van der Waals surface area contributed by atoms with Crippen molar-refractivity contribution in [2.24, 2.45) is 0 Å². The summed E-state index contributed by atoms with van der Waals surface area (Å²) in [5.41, 5.74) is 1.91. The Bertz CT molecular complexity index is 1020. The minimum Gasteiger partial charge on any atom is -0.336 e. The first-order valence-electron chi connectivity index (χ1n) is 10.2. The van der Waals surface area contributed by atoms with Gasteiger partial charge in [-0.3, -0.25) is 9.59 Å². The third kappa shape index (κ3) is 3.57. The fourth-order valence-electron chi connectivity index (χ4n) is 4.25. The molecule has 2 aromatic heterocycles. The first-order chi connectivity index (χ1) is 14.0. The average Bonchev–Trinajstić information content (AvgIpc) is 3.34. The van der Waals surface area contributed by atoms with Crippen LogP contribution in [0.15, 0.2) is 47.8 Å². The molecule has 3 aromatic rings. The highest BCUT2D eigenvalue weighted by molar-refractivity contribution is 7.16. The van der Waals surface area contributed by atoms with Gasteiger partial charge in [-0.2, -0.15) is 0 Å². The predicted molar refractivity (Wildman–Crippen MR) is 117 cm³/mol. The zero-order valence-corrected chi connectivity index (χ0v) is 18.0.